The van der Waals surface area contributed by atoms with Gasteiger partial charge in [-0.3, -0.25) is 4.90 Å². The van der Waals surface area contributed by atoms with E-state index < -0.39 is 18.0 Å². The fourth-order valence-corrected chi connectivity index (χ4v) is 2.47. The molecule has 114 valence electrons. The van der Waals surface area contributed by atoms with Crippen LogP contribution in [0.25, 0.3) is 0 Å². The van der Waals surface area contributed by atoms with Crippen LogP contribution in [0.5, 0.6) is 0 Å². The van der Waals surface area contributed by atoms with Crippen molar-refractivity contribution in [1.82, 2.24) is 10.2 Å². The Balaban J connectivity index is 0.00000200. The number of rotatable bonds is 2. The van der Waals surface area contributed by atoms with Gasteiger partial charge in [-0.25, -0.2) is 4.39 Å². The van der Waals surface area contributed by atoms with E-state index >= 15 is 0 Å². The van der Waals surface area contributed by atoms with E-state index in [2.05, 4.69) is 5.32 Å². The molecule has 1 aromatic rings. The smallest absolute Gasteiger partial charge is 0.314 e. The molecule has 1 N–H and O–H groups in total. The summed E-state index contributed by atoms with van der Waals surface area (Å²) in [7, 11) is 0. The van der Waals surface area contributed by atoms with Gasteiger partial charge >= 0.3 is 6.18 Å². The zero-order valence-corrected chi connectivity index (χ0v) is 11.8. The van der Waals surface area contributed by atoms with Crippen molar-refractivity contribution >= 4 is 12.4 Å². The highest BCUT2D eigenvalue weighted by molar-refractivity contribution is 5.85. The minimum Gasteiger partial charge on any atom is -0.314 e. The zero-order valence-electron chi connectivity index (χ0n) is 11.0. The van der Waals surface area contributed by atoms with Crippen LogP contribution in [0.4, 0.5) is 17.6 Å². The molecule has 1 atom stereocenters. The van der Waals surface area contributed by atoms with Gasteiger partial charge in [0.2, 0.25) is 0 Å². The Morgan fingerprint density at radius 1 is 1.20 bits per heavy atom. The van der Waals surface area contributed by atoms with Gasteiger partial charge in [-0.15, -0.1) is 12.4 Å². The van der Waals surface area contributed by atoms with E-state index in [1.165, 1.54) is 17.9 Å². The minimum atomic E-state index is -4.36. The van der Waals surface area contributed by atoms with E-state index in [9.17, 15) is 17.6 Å². The lowest BCUT2D eigenvalue weighted by atomic mass is 9.98. The van der Waals surface area contributed by atoms with Crippen molar-refractivity contribution in [3.8, 4) is 0 Å². The molecule has 7 heteroatoms. The van der Waals surface area contributed by atoms with E-state index in [1.54, 1.807) is 0 Å². The maximum atomic E-state index is 13.3. The molecule has 20 heavy (non-hydrogen) atoms. The molecule has 1 fully saturated rings. The second-order valence-electron chi connectivity index (χ2n) is 4.73. The van der Waals surface area contributed by atoms with Gasteiger partial charge in [0.25, 0.3) is 0 Å². The molecule has 0 aliphatic carbocycles. The first-order valence-corrected chi connectivity index (χ1v) is 6.17. The maximum Gasteiger partial charge on any atom is 0.408 e. The van der Waals surface area contributed by atoms with Crippen molar-refractivity contribution in [2.45, 2.75) is 19.1 Å². The van der Waals surface area contributed by atoms with Crippen LogP contribution >= 0.6 is 12.4 Å². The Morgan fingerprint density at radius 3 is 2.30 bits per heavy atom. The first-order valence-electron chi connectivity index (χ1n) is 6.17. The van der Waals surface area contributed by atoms with E-state index in [4.69, 9.17) is 0 Å². The fraction of sp³-hybridized carbons (Fsp3) is 0.538. The third-order valence-electron chi connectivity index (χ3n) is 3.35. The summed E-state index contributed by atoms with van der Waals surface area (Å²) in [5, 5.41) is 3.03. The lowest BCUT2D eigenvalue weighted by Gasteiger charge is -2.36. The summed E-state index contributed by atoms with van der Waals surface area (Å²) < 4.78 is 53.0. The zero-order chi connectivity index (χ0) is 14.0. The topological polar surface area (TPSA) is 15.3 Å². The molecule has 0 saturated carbocycles. The molecule has 1 aliphatic rings. The van der Waals surface area contributed by atoms with Crippen LogP contribution in [0.3, 0.4) is 0 Å². The molecule has 1 aliphatic heterocycles. The number of benzene rings is 1. The molecular weight excluding hydrogens is 296 g/mol. The summed E-state index contributed by atoms with van der Waals surface area (Å²) in [6.07, 6.45) is -4.36. The number of nitrogens with one attached hydrogen (secondary N) is 1. The maximum absolute atomic E-state index is 13.3. The first kappa shape index (κ1) is 17.2. The molecule has 0 bridgehead atoms. The van der Waals surface area contributed by atoms with Gasteiger partial charge < -0.3 is 5.32 Å². The number of halogens is 5. The number of hydrogen-bond acceptors (Lipinski definition) is 2. The Labute approximate surface area is 121 Å². The van der Waals surface area contributed by atoms with Gasteiger partial charge in [0.1, 0.15) is 11.9 Å². The molecule has 0 aromatic heterocycles. The Morgan fingerprint density at radius 2 is 1.80 bits per heavy atom. The van der Waals surface area contributed by atoms with Gasteiger partial charge in [0.05, 0.1) is 0 Å². The van der Waals surface area contributed by atoms with Crippen LogP contribution in [0.1, 0.15) is 17.2 Å². The molecule has 0 spiro atoms. The van der Waals surface area contributed by atoms with Gasteiger partial charge in [0.15, 0.2) is 0 Å². The highest BCUT2D eigenvalue weighted by Crippen LogP contribution is 2.39. The number of alkyl halides is 3. The summed E-state index contributed by atoms with van der Waals surface area (Å²) in [5.74, 6) is -0.512. The van der Waals surface area contributed by atoms with Crippen LogP contribution in [0.2, 0.25) is 0 Å². The van der Waals surface area contributed by atoms with Crippen LogP contribution in [-0.2, 0) is 0 Å². The SMILES string of the molecule is Cc1cc(F)ccc1[C@@H](N1CCNCC1)C(F)(F)F.Cl. The highest BCUT2D eigenvalue weighted by atomic mass is 35.5. The normalized spacial score (nSPS) is 18.4. The molecule has 0 amide bonds. The largest absolute Gasteiger partial charge is 0.408 e. The standard InChI is InChI=1S/C13H16F4N2.ClH/c1-9-8-10(14)2-3-11(9)12(13(15,16)17)19-6-4-18-5-7-19;/h2-3,8,12,18H,4-7H2,1H3;1H/t12-;/m1./s1. The predicted octanol–water partition coefficient (Wildman–Crippen LogP) is 3.06. The summed E-state index contributed by atoms with van der Waals surface area (Å²) in [4.78, 5) is 1.40. The lowest BCUT2D eigenvalue weighted by molar-refractivity contribution is -0.188. The Kier molecular flexibility index (Phi) is 5.79. The van der Waals surface area contributed by atoms with Crippen molar-refractivity contribution in [2.24, 2.45) is 0 Å². The van der Waals surface area contributed by atoms with Crippen molar-refractivity contribution in [3.63, 3.8) is 0 Å². The van der Waals surface area contributed by atoms with Crippen molar-refractivity contribution in [3.05, 3.63) is 35.1 Å². The average molecular weight is 313 g/mol. The van der Waals surface area contributed by atoms with Crippen molar-refractivity contribution < 1.29 is 17.6 Å². The third kappa shape index (κ3) is 3.84. The van der Waals surface area contributed by atoms with Gasteiger partial charge in [-0.05, 0) is 30.2 Å². The van der Waals surface area contributed by atoms with E-state index in [1.807, 2.05) is 0 Å². The van der Waals surface area contributed by atoms with Crippen LogP contribution < -0.4 is 5.32 Å². The van der Waals surface area contributed by atoms with Crippen LogP contribution in [-0.4, -0.2) is 37.3 Å². The molecule has 0 radical (unpaired) electrons. The molecule has 1 heterocycles. The average Bonchev–Trinajstić information content (AvgIpc) is 2.32. The molecule has 0 unspecified atom stereocenters. The van der Waals surface area contributed by atoms with Gasteiger partial charge in [0, 0.05) is 26.2 Å². The summed E-state index contributed by atoms with van der Waals surface area (Å²) in [6.45, 7) is 3.25. The van der Waals surface area contributed by atoms with Crippen LogP contribution in [0, 0.1) is 12.7 Å². The third-order valence-corrected chi connectivity index (χ3v) is 3.35. The summed E-state index contributed by atoms with van der Waals surface area (Å²) in [5.41, 5.74) is 0.469. The van der Waals surface area contributed by atoms with E-state index in [0.29, 0.717) is 31.7 Å². The fourth-order valence-electron chi connectivity index (χ4n) is 2.47. The number of piperazine rings is 1. The second-order valence-corrected chi connectivity index (χ2v) is 4.73. The van der Waals surface area contributed by atoms with E-state index in [0.717, 1.165) is 12.1 Å². The Hall–Kier alpha value is -0.850. The predicted molar refractivity (Wildman–Crippen MR) is 71.6 cm³/mol. The minimum absolute atomic E-state index is 0. The summed E-state index contributed by atoms with van der Waals surface area (Å²) in [6, 6.07) is 1.82. The molecule has 2 rings (SSSR count). The highest BCUT2D eigenvalue weighted by Gasteiger charge is 2.45. The quantitative estimate of drug-likeness (QED) is 0.844. The van der Waals surface area contributed by atoms with E-state index in [-0.39, 0.29) is 18.0 Å². The first-order chi connectivity index (χ1) is 8.89. The van der Waals surface area contributed by atoms with Crippen molar-refractivity contribution in [2.75, 3.05) is 26.2 Å². The second kappa shape index (κ2) is 6.74. The monoisotopic (exact) mass is 312 g/mol. The molecular formula is C13H17ClF4N2. The summed E-state index contributed by atoms with van der Waals surface area (Å²) >= 11 is 0. The molecule has 1 saturated heterocycles. The van der Waals surface area contributed by atoms with Gasteiger partial charge in [-0.2, -0.15) is 13.2 Å². The van der Waals surface area contributed by atoms with Crippen LogP contribution in [0.15, 0.2) is 18.2 Å². The lowest BCUT2D eigenvalue weighted by Crippen LogP contribution is -2.49. The Bertz CT molecular complexity index is 444. The molecule has 2 nitrogen and oxygen atoms in total. The van der Waals surface area contributed by atoms with Gasteiger partial charge in [-0.1, -0.05) is 6.07 Å². The number of hydrogen-bond donors (Lipinski definition) is 1. The molecule has 1 aromatic carbocycles. The number of aryl methyl sites for hydroxylation is 1. The number of nitrogens with zero attached hydrogens (tertiary/aromatic N) is 1. The van der Waals surface area contributed by atoms with Crippen molar-refractivity contribution in [1.29, 1.82) is 0 Å².